The largest absolute Gasteiger partial charge is 0.489 e. The minimum atomic E-state index is -0.0464. The van der Waals surface area contributed by atoms with E-state index < -0.39 is 0 Å². The number of carbonyl (C=O) groups is 1. The summed E-state index contributed by atoms with van der Waals surface area (Å²) in [4.78, 5) is 14.3. The van der Waals surface area contributed by atoms with E-state index in [1.165, 1.54) is 0 Å². The van der Waals surface area contributed by atoms with Gasteiger partial charge in [0.05, 0.1) is 11.6 Å². The van der Waals surface area contributed by atoms with Crippen LogP contribution in [0.25, 0.3) is 0 Å². The zero-order chi connectivity index (χ0) is 19.1. The summed E-state index contributed by atoms with van der Waals surface area (Å²) in [6.45, 7) is 0.947. The predicted molar refractivity (Wildman–Crippen MR) is 104 cm³/mol. The molecule has 0 aliphatic rings. The van der Waals surface area contributed by atoms with Crippen molar-refractivity contribution in [2.24, 2.45) is 0 Å². The summed E-state index contributed by atoms with van der Waals surface area (Å²) in [5, 5.41) is 8.85. The van der Waals surface area contributed by atoms with Crippen molar-refractivity contribution >= 4 is 5.91 Å². The number of hydrogen-bond donors (Lipinski definition) is 0. The number of amides is 1. The molecule has 0 radical (unpaired) electrons. The smallest absolute Gasteiger partial charge is 0.253 e. The summed E-state index contributed by atoms with van der Waals surface area (Å²) in [6, 6.07) is 26.4. The van der Waals surface area contributed by atoms with Crippen molar-refractivity contribution in [2.45, 2.75) is 13.2 Å². The van der Waals surface area contributed by atoms with Gasteiger partial charge in [-0.2, -0.15) is 5.26 Å². The summed E-state index contributed by atoms with van der Waals surface area (Å²) in [5.74, 6) is 0.773. The Labute approximate surface area is 159 Å². The number of nitriles is 1. The molecule has 0 aromatic heterocycles. The van der Waals surface area contributed by atoms with Gasteiger partial charge in [0.15, 0.2) is 0 Å². The quantitative estimate of drug-likeness (QED) is 0.657. The van der Waals surface area contributed by atoms with Gasteiger partial charge in [-0.3, -0.25) is 4.79 Å². The van der Waals surface area contributed by atoms with Crippen LogP contribution in [-0.4, -0.2) is 17.9 Å². The molecule has 0 unspecified atom stereocenters. The summed E-state index contributed by atoms with van der Waals surface area (Å²) >= 11 is 0. The highest BCUT2D eigenvalue weighted by molar-refractivity contribution is 5.94. The monoisotopic (exact) mass is 356 g/mol. The highest BCUT2D eigenvalue weighted by Crippen LogP contribution is 2.14. The van der Waals surface area contributed by atoms with E-state index in [4.69, 9.17) is 10.00 Å². The van der Waals surface area contributed by atoms with Crippen LogP contribution in [-0.2, 0) is 13.2 Å². The number of hydrogen-bond acceptors (Lipinski definition) is 3. The van der Waals surface area contributed by atoms with E-state index >= 15 is 0 Å². The lowest BCUT2D eigenvalue weighted by molar-refractivity contribution is 0.0785. The van der Waals surface area contributed by atoms with Gasteiger partial charge in [-0.1, -0.05) is 42.5 Å². The standard InChI is InChI=1S/C23H20N2O2/c1-25(16-19-9-7-18(15-24)8-10-19)23(26)21-13-11-20(12-14-21)17-27-22-5-3-2-4-6-22/h2-14H,16-17H2,1H3. The molecular weight excluding hydrogens is 336 g/mol. The van der Waals surface area contributed by atoms with Gasteiger partial charge in [0.25, 0.3) is 5.91 Å². The molecule has 0 spiro atoms. The molecular formula is C23H20N2O2. The number of benzene rings is 3. The van der Waals surface area contributed by atoms with Crippen LogP contribution in [0.4, 0.5) is 0 Å². The Morgan fingerprint density at radius 3 is 2.19 bits per heavy atom. The Morgan fingerprint density at radius 2 is 1.56 bits per heavy atom. The minimum Gasteiger partial charge on any atom is -0.489 e. The molecule has 0 N–H and O–H groups in total. The van der Waals surface area contributed by atoms with Crippen LogP contribution in [0.5, 0.6) is 5.75 Å². The molecule has 0 atom stereocenters. The maximum absolute atomic E-state index is 12.6. The lowest BCUT2D eigenvalue weighted by Crippen LogP contribution is -2.26. The van der Waals surface area contributed by atoms with Crippen molar-refractivity contribution < 1.29 is 9.53 Å². The van der Waals surface area contributed by atoms with Crippen LogP contribution in [0.3, 0.4) is 0 Å². The molecule has 3 aromatic carbocycles. The van der Waals surface area contributed by atoms with E-state index in [2.05, 4.69) is 6.07 Å². The highest BCUT2D eigenvalue weighted by Gasteiger charge is 2.12. The van der Waals surface area contributed by atoms with E-state index in [0.717, 1.165) is 16.9 Å². The number of rotatable bonds is 6. The van der Waals surface area contributed by atoms with E-state index in [1.54, 1.807) is 24.1 Å². The fourth-order valence-corrected chi connectivity index (χ4v) is 2.68. The summed E-state index contributed by atoms with van der Waals surface area (Å²) < 4.78 is 5.72. The SMILES string of the molecule is CN(Cc1ccc(C#N)cc1)C(=O)c1ccc(COc2ccccc2)cc1. The maximum atomic E-state index is 12.6. The molecule has 0 aliphatic carbocycles. The van der Waals surface area contributed by atoms with Crippen LogP contribution in [0.2, 0.25) is 0 Å². The highest BCUT2D eigenvalue weighted by atomic mass is 16.5. The Balaban J connectivity index is 1.58. The van der Waals surface area contributed by atoms with E-state index in [-0.39, 0.29) is 5.91 Å². The molecule has 27 heavy (non-hydrogen) atoms. The fourth-order valence-electron chi connectivity index (χ4n) is 2.68. The Morgan fingerprint density at radius 1 is 0.926 bits per heavy atom. The van der Waals surface area contributed by atoms with Crippen LogP contribution in [0, 0.1) is 11.3 Å². The van der Waals surface area contributed by atoms with E-state index in [1.807, 2.05) is 66.7 Å². The van der Waals surface area contributed by atoms with Crippen LogP contribution < -0.4 is 4.74 Å². The summed E-state index contributed by atoms with van der Waals surface area (Å²) in [6.07, 6.45) is 0. The second-order valence-corrected chi connectivity index (χ2v) is 6.27. The van der Waals surface area contributed by atoms with Gasteiger partial charge in [0.1, 0.15) is 12.4 Å². The zero-order valence-electron chi connectivity index (χ0n) is 15.1. The van der Waals surface area contributed by atoms with Gasteiger partial charge in [-0.25, -0.2) is 0 Å². The molecule has 3 aromatic rings. The first-order chi connectivity index (χ1) is 13.2. The average molecular weight is 356 g/mol. The lowest BCUT2D eigenvalue weighted by atomic mass is 10.1. The molecule has 4 nitrogen and oxygen atoms in total. The minimum absolute atomic E-state index is 0.0464. The third-order valence-electron chi connectivity index (χ3n) is 4.20. The lowest BCUT2D eigenvalue weighted by Gasteiger charge is -2.17. The Bertz CT molecular complexity index is 927. The predicted octanol–water partition coefficient (Wildman–Crippen LogP) is 4.41. The molecule has 0 bridgehead atoms. The van der Waals surface area contributed by atoms with Gasteiger partial charge in [-0.05, 0) is 47.5 Å². The van der Waals surface area contributed by atoms with Crippen LogP contribution in [0.15, 0.2) is 78.9 Å². The van der Waals surface area contributed by atoms with Crippen molar-refractivity contribution in [3.63, 3.8) is 0 Å². The summed E-state index contributed by atoms with van der Waals surface area (Å²) in [7, 11) is 1.77. The number of para-hydroxylation sites is 1. The Kier molecular flexibility index (Phi) is 5.86. The third-order valence-corrected chi connectivity index (χ3v) is 4.20. The average Bonchev–Trinajstić information content (AvgIpc) is 2.73. The molecule has 0 saturated heterocycles. The fraction of sp³-hybridized carbons (Fsp3) is 0.130. The van der Waals surface area contributed by atoms with Crippen molar-refractivity contribution in [3.05, 3.63) is 101 Å². The number of nitrogens with zero attached hydrogens (tertiary/aromatic N) is 2. The molecule has 4 heteroatoms. The van der Waals surface area contributed by atoms with Gasteiger partial charge in [0.2, 0.25) is 0 Å². The van der Waals surface area contributed by atoms with Gasteiger partial charge in [0, 0.05) is 19.2 Å². The van der Waals surface area contributed by atoms with Crippen molar-refractivity contribution in [2.75, 3.05) is 7.05 Å². The number of carbonyl (C=O) groups excluding carboxylic acids is 1. The Hall–Kier alpha value is -3.58. The van der Waals surface area contributed by atoms with Gasteiger partial charge >= 0.3 is 0 Å². The van der Waals surface area contributed by atoms with Crippen LogP contribution >= 0.6 is 0 Å². The molecule has 0 aliphatic heterocycles. The first-order valence-corrected chi connectivity index (χ1v) is 8.67. The third kappa shape index (κ3) is 4.96. The molecule has 3 rings (SSSR count). The molecule has 0 saturated carbocycles. The van der Waals surface area contributed by atoms with Crippen molar-refractivity contribution in [1.82, 2.24) is 4.90 Å². The first-order valence-electron chi connectivity index (χ1n) is 8.67. The molecule has 0 fully saturated rings. The second-order valence-electron chi connectivity index (χ2n) is 6.27. The van der Waals surface area contributed by atoms with Gasteiger partial charge < -0.3 is 9.64 Å². The van der Waals surface area contributed by atoms with E-state index in [0.29, 0.717) is 24.3 Å². The number of ether oxygens (including phenoxy) is 1. The maximum Gasteiger partial charge on any atom is 0.253 e. The zero-order valence-corrected chi connectivity index (χ0v) is 15.1. The van der Waals surface area contributed by atoms with Gasteiger partial charge in [-0.15, -0.1) is 0 Å². The van der Waals surface area contributed by atoms with Crippen molar-refractivity contribution in [3.8, 4) is 11.8 Å². The topological polar surface area (TPSA) is 53.3 Å². The van der Waals surface area contributed by atoms with Crippen molar-refractivity contribution in [1.29, 1.82) is 5.26 Å². The molecule has 1 amide bonds. The molecule has 0 heterocycles. The van der Waals surface area contributed by atoms with Crippen LogP contribution in [0.1, 0.15) is 27.0 Å². The normalized spacial score (nSPS) is 10.1. The first kappa shape index (κ1) is 18.2. The summed E-state index contributed by atoms with van der Waals surface area (Å²) in [5.41, 5.74) is 3.23. The van der Waals surface area contributed by atoms with E-state index in [9.17, 15) is 4.79 Å². The molecule has 134 valence electrons. The second kappa shape index (κ2) is 8.68.